The molecule has 1 aliphatic rings. The molecule has 0 amide bonds. The van der Waals surface area contributed by atoms with Crippen molar-refractivity contribution >= 4 is 27.6 Å². The Labute approximate surface area is 194 Å². The van der Waals surface area contributed by atoms with Crippen LogP contribution in [0.5, 0.6) is 5.75 Å². The summed E-state index contributed by atoms with van der Waals surface area (Å²) in [6.07, 6.45) is 5.15. The van der Waals surface area contributed by atoms with Crippen LogP contribution >= 0.6 is 0 Å². The van der Waals surface area contributed by atoms with Gasteiger partial charge in [-0.15, -0.1) is 0 Å². The molecule has 0 spiro atoms. The van der Waals surface area contributed by atoms with E-state index in [1.807, 2.05) is 17.7 Å². The average Bonchev–Trinajstić information content (AvgIpc) is 3.23. The molecule has 5 rings (SSSR count). The van der Waals surface area contributed by atoms with Gasteiger partial charge in [-0.05, 0) is 80.7 Å². The van der Waals surface area contributed by atoms with E-state index in [1.165, 1.54) is 32.3 Å². The number of nitrogen functional groups attached to an aromatic ring is 1. The summed E-state index contributed by atoms with van der Waals surface area (Å²) in [5, 5.41) is 8.10. The standard InChI is InChI=1S/C26H32N6O/c1-3-31-12-9-18(10-13-31)11-14-32-26-23(25(27)28-17-29-26)24(30-32)21-6-5-20-16-22(33-4-2)8-7-19(20)15-21/h5-8,15-18H,3-4,9-14H2,1-2H3,(H2,27,28,29). The topological polar surface area (TPSA) is 82.1 Å². The van der Waals surface area contributed by atoms with Gasteiger partial charge in [0.15, 0.2) is 5.65 Å². The van der Waals surface area contributed by atoms with Crippen LogP contribution in [0, 0.1) is 5.92 Å². The van der Waals surface area contributed by atoms with E-state index >= 15 is 0 Å². The van der Waals surface area contributed by atoms with Gasteiger partial charge in [-0.2, -0.15) is 5.10 Å². The summed E-state index contributed by atoms with van der Waals surface area (Å²) in [5.74, 6) is 2.09. The minimum atomic E-state index is 0.476. The quantitative estimate of drug-likeness (QED) is 0.443. The summed E-state index contributed by atoms with van der Waals surface area (Å²) in [7, 11) is 0. The molecule has 0 saturated carbocycles. The summed E-state index contributed by atoms with van der Waals surface area (Å²) in [4.78, 5) is 11.3. The van der Waals surface area contributed by atoms with Gasteiger partial charge in [0.2, 0.25) is 0 Å². The number of benzene rings is 2. The summed E-state index contributed by atoms with van der Waals surface area (Å²) in [5.41, 5.74) is 9.00. The highest BCUT2D eigenvalue weighted by Crippen LogP contribution is 2.33. The number of piperidine rings is 1. The largest absolute Gasteiger partial charge is 0.494 e. The van der Waals surface area contributed by atoms with Gasteiger partial charge >= 0.3 is 0 Å². The van der Waals surface area contributed by atoms with Crippen LogP contribution in [0.25, 0.3) is 33.1 Å². The predicted octanol–water partition coefficient (Wildman–Crippen LogP) is 4.75. The van der Waals surface area contributed by atoms with Crippen LogP contribution < -0.4 is 10.5 Å². The number of aryl methyl sites for hydroxylation is 1. The van der Waals surface area contributed by atoms with E-state index in [0.29, 0.717) is 12.4 Å². The van der Waals surface area contributed by atoms with Gasteiger partial charge < -0.3 is 15.4 Å². The van der Waals surface area contributed by atoms with E-state index in [0.717, 1.165) is 64.2 Å². The van der Waals surface area contributed by atoms with Crippen molar-refractivity contribution in [2.75, 3.05) is 32.0 Å². The first-order valence-electron chi connectivity index (χ1n) is 12.0. The Hall–Kier alpha value is -3.19. The molecular formula is C26H32N6O. The number of aromatic nitrogens is 4. The third kappa shape index (κ3) is 4.37. The van der Waals surface area contributed by atoms with Gasteiger partial charge in [-0.1, -0.05) is 25.1 Å². The number of hydrogen-bond acceptors (Lipinski definition) is 6. The van der Waals surface area contributed by atoms with E-state index in [9.17, 15) is 0 Å². The van der Waals surface area contributed by atoms with Crippen molar-refractivity contribution in [3.63, 3.8) is 0 Å². The van der Waals surface area contributed by atoms with Crippen LogP contribution in [0.2, 0.25) is 0 Å². The number of fused-ring (bicyclic) bond motifs is 2. The lowest BCUT2D eigenvalue weighted by Crippen LogP contribution is -2.33. The van der Waals surface area contributed by atoms with Crippen LogP contribution in [-0.2, 0) is 6.54 Å². The predicted molar refractivity (Wildman–Crippen MR) is 133 cm³/mol. The van der Waals surface area contributed by atoms with Gasteiger partial charge in [0.1, 0.15) is 23.6 Å². The van der Waals surface area contributed by atoms with Crippen molar-refractivity contribution in [1.29, 1.82) is 0 Å². The first-order chi connectivity index (χ1) is 16.2. The molecule has 0 bridgehead atoms. The number of hydrogen-bond donors (Lipinski definition) is 1. The molecule has 2 aromatic carbocycles. The second kappa shape index (κ2) is 9.35. The monoisotopic (exact) mass is 444 g/mol. The molecule has 0 radical (unpaired) electrons. The minimum absolute atomic E-state index is 0.476. The number of nitrogens with zero attached hydrogens (tertiary/aromatic N) is 5. The highest BCUT2D eigenvalue weighted by Gasteiger charge is 2.21. The van der Waals surface area contributed by atoms with E-state index in [4.69, 9.17) is 15.6 Å². The van der Waals surface area contributed by atoms with E-state index in [1.54, 1.807) is 0 Å². The Bertz CT molecular complexity index is 1260. The second-order valence-electron chi connectivity index (χ2n) is 8.85. The Kier molecular flexibility index (Phi) is 6.13. The molecule has 1 saturated heterocycles. The van der Waals surface area contributed by atoms with Crippen LogP contribution in [0.1, 0.15) is 33.1 Å². The first kappa shape index (κ1) is 21.6. The zero-order chi connectivity index (χ0) is 22.8. The Balaban J connectivity index is 1.45. The summed E-state index contributed by atoms with van der Waals surface area (Å²) in [6, 6.07) is 12.5. The zero-order valence-corrected chi connectivity index (χ0v) is 19.5. The summed E-state index contributed by atoms with van der Waals surface area (Å²) in [6.45, 7) is 9.28. The molecule has 3 heterocycles. The van der Waals surface area contributed by atoms with Gasteiger partial charge in [0.05, 0.1) is 12.0 Å². The van der Waals surface area contributed by atoms with Crippen molar-refractivity contribution in [2.45, 2.75) is 39.7 Å². The smallest absolute Gasteiger partial charge is 0.163 e. The maximum absolute atomic E-state index is 6.32. The molecular weight excluding hydrogens is 412 g/mol. The lowest BCUT2D eigenvalue weighted by Gasteiger charge is -2.30. The van der Waals surface area contributed by atoms with Crippen molar-refractivity contribution < 1.29 is 4.74 Å². The SMILES string of the molecule is CCOc1ccc2cc(-c3nn(CCC4CCN(CC)CC4)c4ncnc(N)c34)ccc2c1. The van der Waals surface area contributed by atoms with Crippen molar-refractivity contribution in [1.82, 2.24) is 24.6 Å². The minimum Gasteiger partial charge on any atom is -0.494 e. The van der Waals surface area contributed by atoms with Crippen molar-refractivity contribution in [2.24, 2.45) is 5.92 Å². The third-order valence-corrected chi connectivity index (χ3v) is 6.86. The van der Waals surface area contributed by atoms with E-state index in [2.05, 4.69) is 52.1 Å². The van der Waals surface area contributed by atoms with E-state index in [-0.39, 0.29) is 0 Å². The fourth-order valence-corrected chi connectivity index (χ4v) is 4.91. The lowest BCUT2D eigenvalue weighted by molar-refractivity contribution is 0.183. The molecule has 1 fully saturated rings. The highest BCUT2D eigenvalue weighted by molar-refractivity contribution is 6.00. The average molecular weight is 445 g/mol. The molecule has 0 aliphatic carbocycles. The normalized spacial score (nSPS) is 15.5. The first-order valence-corrected chi connectivity index (χ1v) is 12.0. The lowest BCUT2D eigenvalue weighted by atomic mass is 9.93. The summed E-state index contributed by atoms with van der Waals surface area (Å²) >= 11 is 0. The van der Waals surface area contributed by atoms with Gasteiger partial charge in [-0.3, -0.25) is 0 Å². The molecule has 4 aromatic rings. The number of rotatable bonds is 7. The second-order valence-corrected chi connectivity index (χ2v) is 8.85. The third-order valence-electron chi connectivity index (χ3n) is 6.86. The highest BCUT2D eigenvalue weighted by atomic mass is 16.5. The van der Waals surface area contributed by atoms with E-state index < -0.39 is 0 Å². The van der Waals surface area contributed by atoms with Crippen LogP contribution in [0.15, 0.2) is 42.7 Å². The van der Waals surface area contributed by atoms with Crippen LogP contribution in [0.3, 0.4) is 0 Å². The Morgan fingerprint density at radius 3 is 2.61 bits per heavy atom. The molecule has 1 aliphatic heterocycles. The molecule has 0 unspecified atom stereocenters. The maximum Gasteiger partial charge on any atom is 0.163 e. The number of anilines is 1. The van der Waals surface area contributed by atoms with Crippen molar-refractivity contribution in [3.05, 3.63) is 42.7 Å². The Morgan fingerprint density at radius 1 is 1.03 bits per heavy atom. The molecule has 7 nitrogen and oxygen atoms in total. The maximum atomic E-state index is 6.32. The number of ether oxygens (including phenoxy) is 1. The number of nitrogens with two attached hydrogens (primary N) is 1. The molecule has 0 atom stereocenters. The van der Waals surface area contributed by atoms with Crippen molar-refractivity contribution in [3.8, 4) is 17.0 Å². The number of likely N-dealkylation sites (tertiary alicyclic amines) is 1. The van der Waals surface area contributed by atoms with Gasteiger partial charge in [0.25, 0.3) is 0 Å². The fraction of sp³-hybridized carbons (Fsp3) is 0.423. The summed E-state index contributed by atoms with van der Waals surface area (Å²) < 4.78 is 7.67. The van der Waals surface area contributed by atoms with Gasteiger partial charge in [0, 0.05) is 12.1 Å². The zero-order valence-electron chi connectivity index (χ0n) is 19.5. The van der Waals surface area contributed by atoms with Crippen LogP contribution in [-0.4, -0.2) is 50.9 Å². The molecule has 33 heavy (non-hydrogen) atoms. The Morgan fingerprint density at radius 2 is 1.82 bits per heavy atom. The van der Waals surface area contributed by atoms with Gasteiger partial charge in [-0.25, -0.2) is 14.6 Å². The molecule has 2 aromatic heterocycles. The fourth-order valence-electron chi connectivity index (χ4n) is 4.91. The molecule has 7 heteroatoms. The molecule has 2 N–H and O–H groups in total. The molecule has 172 valence electrons. The van der Waals surface area contributed by atoms with Crippen LogP contribution in [0.4, 0.5) is 5.82 Å².